The maximum Gasteiger partial charge on any atom is 0.257 e. The van der Waals surface area contributed by atoms with Crippen LogP contribution >= 0.6 is 0 Å². The van der Waals surface area contributed by atoms with Crippen molar-refractivity contribution in [2.24, 2.45) is 0 Å². The van der Waals surface area contributed by atoms with E-state index in [2.05, 4.69) is 10.3 Å². The largest absolute Gasteiger partial charge is 0.457 e. The number of carbonyl (C=O) groups is 1. The second-order valence-corrected chi connectivity index (χ2v) is 5.69. The van der Waals surface area contributed by atoms with Crippen molar-refractivity contribution in [1.29, 1.82) is 0 Å². The van der Waals surface area contributed by atoms with Crippen LogP contribution in [0, 0.1) is 0 Å². The van der Waals surface area contributed by atoms with Gasteiger partial charge in [-0.25, -0.2) is 4.98 Å². The molecule has 25 heavy (non-hydrogen) atoms. The van der Waals surface area contributed by atoms with Crippen LogP contribution in [0.2, 0.25) is 0 Å². The van der Waals surface area contributed by atoms with Gasteiger partial charge < -0.3 is 15.0 Å². The fourth-order valence-corrected chi connectivity index (χ4v) is 2.22. The van der Waals surface area contributed by atoms with Crippen LogP contribution in [0.5, 0.6) is 11.5 Å². The van der Waals surface area contributed by atoms with Crippen LogP contribution in [0.15, 0.2) is 72.9 Å². The number of nitrogens with zero attached hydrogens (tertiary/aromatic N) is 2. The van der Waals surface area contributed by atoms with Crippen molar-refractivity contribution in [3.63, 3.8) is 0 Å². The quantitative estimate of drug-likeness (QED) is 0.760. The lowest BCUT2D eigenvalue weighted by Gasteiger charge is -2.11. The summed E-state index contributed by atoms with van der Waals surface area (Å²) in [4.78, 5) is 18.4. The molecule has 1 N–H and O–H groups in total. The zero-order valence-corrected chi connectivity index (χ0v) is 14.1. The number of hydrogen-bond acceptors (Lipinski definition) is 4. The van der Waals surface area contributed by atoms with Crippen molar-refractivity contribution < 1.29 is 9.53 Å². The van der Waals surface area contributed by atoms with Gasteiger partial charge >= 0.3 is 0 Å². The second kappa shape index (κ2) is 7.49. The number of rotatable bonds is 5. The molecule has 0 saturated carbocycles. The molecular formula is C20H19N3O2. The second-order valence-electron chi connectivity index (χ2n) is 5.69. The van der Waals surface area contributed by atoms with Gasteiger partial charge in [0.15, 0.2) is 0 Å². The number of pyridine rings is 1. The molecule has 0 bridgehead atoms. The van der Waals surface area contributed by atoms with Crippen LogP contribution in [-0.2, 0) is 0 Å². The molecule has 0 saturated heterocycles. The van der Waals surface area contributed by atoms with Crippen LogP contribution < -0.4 is 15.0 Å². The third kappa shape index (κ3) is 4.35. The van der Waals surface area contributed by atoms with Crippen LogP contribution in [0.4, 0.5) is 11.5 Å². The van der Waals surface area contributed by atoms with Gasteiger partial charge in [-0.15, -0.1) is 0 Å². The summed E-state index contributed by atoms with van der Waals surface area (Å²) in [5.41, 5.74) is 1.21. The average molecular weight is 333 g/mol. The van der Waals surface area contributed by atoms with Gasteiger partial charge in [-0.2, -0.15) is 0 Å². The lowest BCUT2D eigenvalue weighted by molar-refractivity contribution is 0.102. The Labute approximate surface area is 146 Å². The predicted octanol–water partition coefficient (Wildman–Crippen LogP) is 4.19. The molecule has 5 heteroatoms. The molecule has 0 atom stereocenters. The Balaban J connectivity index is 1.63. The molecule has 3 rings (SSSR count). The molecule has 5 nitrogen and oxygen atoms in total. The lowest BCUT2D eigenvalue weighted by atomic mass is 10.2. The zero-order chi connectivity index (χ0) is 17.6. The number of amides is 1. The average Bonchev–Trinajstić information content (AvgIpc) is 2.64. The molecule has 0 aliphatic carbocycles. The fourth-order valence-electron chi connectivity index (χ4n) is 2.22. The van der Waals surface area contributed by atoms with E-state index < -0.39 is 0 Å². The molecule has 1 heterocycles. The monoisotopic (exact) mass is 333 g/mol. The first-order chi connectivity index (χ1) is 12.1. The Hall–Kier alpha value is -3.34. The molecule has 2 aromatic carbocycles. The molecule has 0 unspecified atom stereocenters. The van der Waals surface area contributed by atoms with Crippen LogP contribution in [0.1, 0.15) is 10.4 Å². The van der Waals surface area contributed by atoms with E-state index in [1.54, 1.807) is 24.4 Å². The SMILES string of the molecule is CN(C)c1ccc(C(=O)Nc2ccc(Oc3ccccc3)cc2)cn1. The first kappa shape index (κ1) is 16.5. The Bertz CT molecular complexity index is 829. The molecule has 0 radical (unpaired) electrons. The highest BCUT2D eigenvalue weighted by Gasteiger charge is 2.07. The number of para-hydroxylation sites is 1. The number of benzene rings is 2. The predicted molar refractivity (Wildman–Crippen MR) is 99.5 cm³/mol. The summed E-state index contributed by atoms with van der Waals surface area (Å²) in [6.07, 6.45) is 1.57. The number of aromatic nitrogens is 1. The summed E-state index contributed by atoms with van der Waals surface area (Å²) in [7, 11) is 3.81. The normalized spacial score (nSPS) is 10.2. The highest BCUT2D eigenvalue weighted by Crippen LogP contribution is 2.22. The number of nitrogens with one attached hydrogen (secondary N) is 1. The minimum Gasteiger partial charge on any atom is -0.457 e. The van der Waals surface area contributed by atoms with Gasteiger partial charge in [0, 0.05) is 26.0 Å². The van der Waals surface area contributed by atoms with Crippen molar-refractivity contribution >= 4 is 17.4 Å². The van der Waals surface area contributed by atoms with Gasteiger partial charge in [-0.05, 0) is 48.5 Å². The summed E-state index contributed by atoms with van der Waals surface area (Å²) in [5.74, 6) is 2.08. The van der Waals surface area contributed by atoms with E-state index >= 15 is 0 Å². The van der Waals surface area contributed by atoms with Gasteiger partial charge in [-0.3, -0.25) is 4.79 Å². The molecule has 0 aliphatic rings. The molecule has 3 aromatic rings. The van der Waals surface area contributed by atoms with E-state index in [0.717, 1.165) is 11.6 Å². The topological polar surface area (TPSA) is 54.5 Å². The zero-order valence-electron chi connectivity index (χ0n) is 14.1. The first-order valence-corrected chi connectivity index (χ1v) is 7.89. The summed E-state index contributed by atoms with van der Waals surface area (Å²) in [5, 5.41) is 2.85. The molecule has 1 aromatic heterocycles. The van der Waals surface area contributed by atoms with Gasteiger partial charge in [0.1, 0.15) is 17.3 Å². The minimum atomic E-state index is -0.200. The van der Waals surface area contributed by atoms with Crippen LogP contribution in [-0.4, -0.2) is 25.0 Å². The van der Waals surface area contributed by atoms with Gasteiger partial charge in [0.05, 0.1) is 5.56 Å². The van der Waals surface area contributed by atoms with Gasteiger partial charge in [-0.1, -0.05) is 18.2 Å². The number of carbonyl (C=O) groups excluding carboxylic acids is 1. The van der Waals surface area contributed by atoms with Crippen LogP contribution in [0.3, 0.4) is 0 Å². The summed E-state index contributed by atoms with van der Waals surface area (Å²) < 4.78 is 5.73. The van der Waals surface area contributed by atoms with Gasteiger partial charge in [0.25, 0.3) is 5.91 Å². The van der Waals surface area contributed by atoms with E-state index in [9.17, 15) is 4.79 Å². The van der Waals surface area contributed by atoms with Gasteiger partial charge in [0.2, 0.25) is 0 Å². The summed E-state index contributed by atoms with van der Waals surface area (Å²) >= 11 is 0. The van der Waals surface area contributed by atoms with Crippen LogP contribution in [0.25, 0.3) is 0 Å². The Morgan fingerprint density at radius 3 is 2.20 bits per heavy atom. The molecule has 1 amide bonds. The Morgan fingerprint density at radius 1 is 0.920 bits per heavy atom. The molecule has 126 valence electrons. The van der Waals surface area contributed by atoms with E-state index in [-0.39, 0.29) is 5.91 Å². The minimum absolute atomic E-state index is 0.200. The van der Waals surface area contributed by atoms with Crippen molar-refractivity contribution in [2.45, 2.75) is 0 Å². The Kier molecular flexibility index (Phi) is 4.95. The Morgan fingerprint density at radius 2 is 1.60 bits per heavy atom. The number of ether oxygens (including phenoxy) is 1. The van der Waals surface area contributed by atoms with Crippen molar-refractivity contribution in [3.05, 3.63) is 78.5 Å². The lowest BCUT2D eigenvalue weighted by Crippen LogP contribution is -2.14. The highest BCUT2D eigenvalue weighted by molar-refractivity contribution is 6.04. The summed E-state index contributed by atoms with van der Waals surface area (Å²) in [6, 6.07) is 20.3. The third-order valence-corrected chi connectivity index (χ3v) is 3.56. The smallest absolute Gasteiger partial charge is 0.257 e. The maximum absolute atomic E-state index is 12.3. The maximum atomic E-state index is 12.3. The fraction of sp³-hybridized carbons (Fsp3) is 0.100. The van der Waals surface area contributed by atoms with E-state index in [0.29, 0.717) is 17.0 Å². The van der Waals surface area contributed by atoms with Crippen molar-refractivity contribution in [2.75, 3.05) is 24.3 Å². The molecule has 0 spiro atoms. The van der Waals surface area contributed by atoms with Crippen molar-refractivity contribution in [1.82, 2.24) is 4.98 Å². The molecular weight excluding hydrogens is 314 g/mol. The first-order valence-electron chi connectivity index (χ1n) is 7.89. The molecule has 0 fully saturated rings. The summed E-state index contributed by atoms with van der Waals surface area (Å²) in [6.45, 7) is 0. The van der Waals surface area contributed by atoms with Crippen molar-refractivity contribution in [3.8, 4) is 11.5 Å². The van der Waals surface area contributed by atoms with E-state index in [1.165, 1.54) is 0 Å². The third-order valence-electron chi connectivity index (χ3n) is 3.56. The highest BCUT2D eigenvalue weighted by atomic mass is 16.5. The number of hydrogen-bond donors (Lipinski definition) is 1. The molecule has 0 aliphatic heterocycles. The van der Waals surface area contributed by atoms with E-state index in [4.69, 9.17) is 4.74 Å². The standard InChI is InChI=1S/C20H19N3O2/c1-23(2)19-13-8-15(14-21-19)20(24)22-16-9-11-18(12-10-16)25-17-6-4-3-5-7-17/h3-14H,1-2H3,(H,22,24). The number of anilines is 2. The van der Waals surface area contributed by atoms with E-state index in [1.807, 2.05) is 67.5 Å².